The van der Waals surface area contributed by atoms with Crippen LogP contribution in [0.5, 0.6) is 0 Å². The Labute approximate surface area is 175 Å². The van der Waals surface area contributed by atoms with Crippen LogP contribution in [0.15, 0.2) is 60.7 Å². The zero-order valence-corrected chi connectivity index (χ0v) is 18.6. The van der Waals surface area contributed by atoms with E-state index < -0.39 is 0 Å². The number of hydrogen-bond acceptors (Lipinski definition) is 0. The van der Waals surface area contributed by atoms with E-state index in [9.17, 15) is 0 Å². The average Bonchev–Trinajstić information content (AvgIpc) is 3.03. The molecule has 0 unspecified atom stereocenters. The van der Waals surface area contributed by atoms with Crippen molar-refractivity contribution in [1.29, 1.82) is 0 Å². The Morgan fingerprint density at radius 1 is 0.759 bits per heavy atom. The SMILES string of the molecule is CC(C)(C)c1ccc2c(c1)[C]=c1c-2ccc(C(C)(C)C)c1=CCc1ccccc1. The van der Waals surface area contributed by atoms with Gasteiger partial charge in [0.25, 0.3) is 0 Å². The zero-order chi connectivity index (χ0) is 20.8. The highest BCUT2D eigenvalue weighted by molar-refractivity contribution is 5.84. The van der Waals surface area contributed by atoms with E-state index in [-0.39, 0.29) is 10.8 Å². The molecule has 4 rings (SSSR count). The number of rotatable bonds is 2. The molecule has 1 radical (unpaired) electrons. The molecule has 0 spiro atoms. The molecule has 0 bridgehead atoms. The van der Waals surface area contributed by atoms with E-state index in [1.165, 1.54) is 43.8 Å². The van der Waals surface area contributed by atoms with Gasteiger partial charge in [0.15, 0.2) is 0 Å². The molecule has 0 saturated heterocycles. The van der Waals surface area contributed by atoms with Gasteiger partial charge in [-0.1, -0.05) is 102 Å². The van der Waals surface area contributed by atoms with E-state index >= 15 is 0 Å². The smallest absolute Gasteiger partial charge is 0.000754 e. The number of fused-ring (bicyclic) bond motifs is 3. The van der Waals surface area contributed by atoms with Gasteiger partial charge in [-0.25, -0.2) is 0 Å². The molecule has 0 N–H and O–H groups in total. The molecular formula is C29H31. The van der Waals surface area contributed by atoms with Gasteiger partial charge in [-0.15, -0.1) is 0 Å². The summed E-state index contributed by atoms with van der Waals surface area (Å²) in [6.45, 7) is 13.7. The first-order valence-electron chi connectivity index (χ1n) is 10.6. The highest BCUT2D eigenvalue weighted by atomic mass is 14.3. The average molecular weight is 380 g/mol. The van der Waals surface area contributed by atoms with Crippen LogP contribution >= 0.6 is 0 Å². The summed E-state index contributed by atoms with van der Waals surface area (Å²) in [6.07, 6.45) is 7.11. The predicted octanol–water partition coefficient (Wildman–Crippen LogP) is 5.99. The largest absolute Gasteiger partial charge is 0.0719 e. The van der Waals surface area contributed by atoms with Gasteiger partial charge in [-0.2, -0.15) is 0 Å². The van der Waals surface area contributed by atoms with Gasteiger partial charge >= 0.3 is 0 Å². The topological polar surface area (TPSA) is 0 Å². The monoisotopic (exact) mass is 379 g/mol. The van der Waals surface area contributed by atoms with E-state index in [2.05, 4.69) is 114 Å². The normalized spacial score (nSPS) is 13.8. The van der Waals surface area contributed by atoms with Crippen molar-refractivity contribution in [1.82, 2.24) is 0 Å². The summed E-state index contributed by atoms with van der Waals surface area (Å²) in [7, 11) is 0. The van der Waals surface area contributed by atoms with Crippen molar-refractivity contribution < 1.29 is 0 Å². The molecule has 1 aliphatic carbocycles. The molecule has 0 saturated carbocycles. The lowest BCUT2D eigenvalue weighted by molar-refractivity contribution is 0.585. The quantitative estimate of drug-likeness (QED) is 0.401. The molecule has 1 aliphatic rings. The first kappa shape index (κ1) is 19.7. The minimum absolute atomic E-state index is 0.0879. The molecule has 3 aromatic rings. The second kappa shape index (κ2) is 7.02. The standard InChI is InChI=1S/C29H31/c1-28(2,3)22-13-15-23-21(18-22)19-26-24(23)16-17-27(29(4,5)6)25(26)14-12-20-10-8-7-9-11-20/h7-11,13-18H,12H2,1-6H3. The number of hydrogen-bond donors (Lipinski definition) is 0. The van der Waals surface area contributed by atoms with E-state index in [0.29, 0.717) is 0 Å². The minimum atomic E-state index is 0.0879. The molecule has 0 heteroatoms. The van der Waals surface area contributed by atoms with Gasteiger partial charge in [0.05, 0.1) is 0 Å². The van der Waals surface area contributed by atoms with E-state index in [0.717, 1.165) is 6.42 Å². The summed E-state index contributed by atoms with van der Waals surface area (Å²) in [5.41, 5.74) is 8.18. The predicted molar refractivity (Wildman–Crippen MR) is 126 cm³/mol. The van der Waals surface area contributed by atoms with Gasteiger partial charge in [-0.05, 0) is 73.2 Å². The Morgan fingerprint density at radius 3 is 2.10 bits per heavy atom. The summed E-state index contributed by atoms with van der Waals surface area (Å²) in [4.78, 5) is 0. The maximum Gasteiger partial charge on any atom is -0.000754 e. The van der Waals surface area contributed by atoms with Gasteiger partial charge in [0.2, 0.25) is 0 Å². The Hall–Kier alpha value is -2.60. The summed E-state index contributed by atoms with van der Waals surface area (Å²) in [5, 5.41) is 2.60. The van der Waals surface area contributed by atoms with Crippen LogP contribution < -0.4 is 10.4 Å². The van der Waals surface area contributed by atoms with Crippen LogP contribution in [0.25, 0.3) is 23.3 Å². The van der Waals surface area contributed by atoms with Crippen molar-refractivity contribution in [2.75, 3.05) is 0 Å². The second-order valence-electron chi connectivity index (χ2n) is 10.2. The molecular weight excluding hydrogens is 348 g/mol. The third-order valence-corrected chi connectivity index (χ3v) is 5.87. The van der Waals surface area contributed by atoms with Gasteiger partial charge in [0, 0.05) is 0 Å². The minimum Gasteiger partial charge on any atom is -0.0719 e. The maximum absolute atomic E-state index is 3.78. The Balaban J connectivity index is 1.93. The van der Waals surface area contributed by atoms with E-state index in [4.69, 9.17) is 0 Å². The van der Waals surface area contributed by atoms with Crippen molar-refractivity contribution >= 4 is 12.2 Å². The summed E-state index contributed by atoms with van der Waals surface area (Å²) >= 11 is 0. The van der Waals surface area contributed by atoms with Crippen LogP contribution in [0.4, 0.5) is 0 Å². The maximum atomic E-state index is 3.78. The third-order valence-electron chi connectivity index (χ3n) is 5.87. The Morgan fingerprint density at radius 2 is 1.45 bits per heavy atom. The van der Waals surface area contributed by atoms with Crippen LogP contribution in [-0.2, 0) is 17.3 Å². The molecule has 0 amide bonds. The van der Waals surface area contributed by atoms with Crippen LogP contribution in [0.1, 0.15) is 63.8 Å². The first-order chi connectivity index (χ1) is 13.6. The molecule has 0 aromatic heterocycles. The fourth-order valence-electron chi connectivity index (χ4n) is 4.16. The van der Waals surface area contributed by atoms with Gasteiger partial charge in [0.1, 0.15) is 0 Å². The fourth-order valence-corrected chi connectivity index (χ4v) is 4.16. The lowest BCUT2D eigenvalue weighted by Crippen LogP contribution is -2.34. The first-order valence-corrected chi connectivity index (χ1v) is 10.6. The van der Waals surface area contributed by atoms with Crippen LogP contribution in [0.2, 0.25) is 0 Å². The molecule has 0 aliphatic heterocycles. The molecule has 0 fully saturated rings. The third kappa shape index (κ3) is 3.81. The van der Waals surface area contributed by atoms with Crippen LogP contribution in [0, 0.1) is 0 Å². The number of benzene rings is 3. The van der Waals surface area contributed by atoms with Crippen molar-refractivity contribution in [3.8, 4) is 11.1 Å². The second-order valence-corrected chi connectivity index (χ2v) is 10.2. The van der Waals surface area contributed by atoms with Crippen molar-refractivity contribution in [3.63, 3.8) is 0 Å². The van der Waals surface area contributed by atoms with Crippen LogP contribution in [-0.4, -0.2) is 0 Å². The molecule has 147 valence electrons. The Kier molecular flexibility index (Phi) is 4.77. The molecule has 0 atom stereocenters. The van der Waals surface area contributed by atoms with Crippen LogP contribution in [0.3, 0.4) is 0 Å². The highest BCUT2D eigenvalue weighted by Crippen LogP contribution is 2.32. The van der Waals surface area contributed by atoms with Crippen molar-refractivity contribution in [2.45, 2.75) is 58.8 Å². The molecule has 3 aromatic carbocycles. The molecule has 29 heavy (non-hydrogen) atoms. The zero-order valence-electron chi connectivity index (χ0n) is 18.6. The fraction of sp³-hybridized carbons (Fsp3) is 0.310. The molecule has 0 heterocycles. The van der Waals surface area contributed by atoms with E-state index in [1.807, 2.05) is 0 Å². The summed E-state index contributed by atoms with van der Waals surface area (Å²) in [5.74, 6) is 0. The summed E-state index contributed by atoms with van der Waals surface area (Å²) < 4.78 is 0. The lowest BCUT2D eigenvalue weighted by atomic mass is 9.83. The summed E-state index contributed by atoms with van der Waals surface area (Å²) in [6, 6.07) is 22.2. The highest BCUT2D eigenvalue weighted by Gasteiger charge is 2.22. The van der Waals surface area contributed by atoms with Crippen molar-refractivity contribution in [2.24, 2.45) is 0 Å². The van der Waals surface area contributed by atoms with Gasteiger partial charge < -0.3 is 0 Å². The molecule has 0 nitrogen and oxygen atoms in total. The Bertz CT molecular complexity index is 1160. The van der Waals surface area contributed by atoms with E-state index in [1.54, 1.807) is 0 Å². The van der Waals surface area contributed by atoms with Gasteiger partial charge in [-0.3, -0.25) is 0 Å². The lowest BCUT2D eigenvalue weighted by Gasteiger charge is -2.21. The van der Waals surface area contributed by atoms with Crippen molar-refractivity contribution in [3.05, 3.63) is 93.4 Å².